The van der Waals surface area contributed by atoms with E-state index in [0.29, 0.717) is 18.2 Å². The van der Waals surface area contributed by atoms with Gasteiger partial charge in [0.15, 0.2) is 0 Å². The molecule has 0 aromatic carbocycles. The fourth-order valence-corrected chi connectivity index (χ4v) is 2.81. The van der Waals surface area contributed by atoms with Crippen molar-refractivity contribution in [2.45, 2.75) is 51.1 Å². The molecule has 1 aromatic rings. The van der Waals surface area contributed by atoms with E-state index < -0.39 is 5.54 Å². The van der Waals surface area contributed by atoms with Crippen molar-refractivity contribution in [1.82, 2.24) is 15.8 Å². The van der Waals surface area contributed by atoms with Gasteiger partial charge in [0, 0.05) is 6.07 Å². The summed E-state index contributed by atoms with van der Waals surface area (Å²) >= 11 is 0. The summed E-state index contributed by atoms with van der Waals surface area (Å²) in [6.45, 7) is 2.18. The van der Waals surface area contributed by atoms with E-state index in [1.807, 2.05) is 6.92 Å². The van der Waals surface area contributed by atoms with Gasteiger partial charge >= 0.3 is 6.03 Å². The number of carbonyl (C=O) groups is 1. The lowest BCUT2D eigenvalue weighted by atomic mass is 9.76. The second-order valence-electron chi connectivity index (χ2n) is 5.71. The SMILES string of the molecule is CC(CO)(NC(=O)NCc1ccon1)C1CCCCC1. The molecule has 0 bridgehead atoms. The number of aliphatic hydroxyl groups excluding tert-OH is 1. The second kappa shape index (κ2) is 6.74. The predicted molar refractivity (Wildman–Crippen MR) is 73.9 cm³/mol. The van der Waals surface area contributed by atoms with E-state index in [1.165, 1.54) is 25.5 Å². The molecular weight excluding hydrogens is 258 g/mol. The molecule has 1 aliphatic rings. The molecule has 0 radical (unpaired) electrons. The average molecular weight is 281 g/mol. The highest BCUT2D eigenvalue weighted by molar-refractivity contribution is 5.74. The largest absolute Gasteiger partial charge is 0.394 e. The van der Waals surface area contributed by atoms with Crippen LogP contribution in [0.1, 0.15) is 44.7 Å². The first-order valence-corrected chi connectivity index (χ1v) is 7.20. The lowest BCUT2D eigenvalue weighted by Gasteiger charge is -2.39. The summed E-state index contributed by atoms with van der Waals surface area (Å²) in [7, 11) is 0. The van der Waals surface area contributed by atoms with Crippen LogP contribution in [0.25, 0.3) is 0 Å². The van der Waals surface area contributed by atoms with Crippen LogP contribution in [-0.4, -0.2) is 28.4 Å². The summed E-state index contributed by atoms with van der Waals surface area (Å²) in [5, 5.41) is 19.0. The van der Waals surface area contributed by atoms with Gasteiger partial charge in [-0.15, -0.1) is 0 Å². The lowest BCUT2D eigenvalue weighted by Crippen LogP contribution is -2.57. The number of aliphatic hydroxyl groups is 1. The molecule has 112 valence electrons. The smallest absolute Gasteiger partial charge is 0.315 e. The van der Waals surface area contributed by atoms with Gasteiger partial charge in [0.2, 0.25) is 0 Å². The summed E-state index contributed by atoms with van der Waals surface area (Å²) in [5.41, 5.74) is 0.109. The molecule has 0 aliphatic heterocycles. The molecule has 1 atom stereocenters. The zero-order valence-corrected chi connectivity index (χ0v) is 11.9. The molecular formula is C14H23N3O3. The van der Waals surface area contributed by atoms with Crippen molar-refractivity contribution in [3.8, 4) is 0 Å². The Morgan fingerprint density at radius 1 is 1.50 bits per heavy atom. The van der Waals surface area contributed by atoms with Gasteiger partial charge in [-0.25, -0.2) is 4.79 Å². The van der Waals surface area contributed by atoms with Crippen LogP contribution in [0.2, 0.25) is 0 Å². The number of hydrogen-bond acceptors (Lipinski definition) is 4. The normalized spacial score (nSPS) is 19.3. The van der Waals surface area contributed by atoms with Gasteiger partial charge in [-0.05, 0) is 25.7 Å². The Morgan fingerprint density at radius 2 is 2.25 bits per heavy atom. The second-order valence-corrected chi connectivity index (χ2v) is 5.71. The molecule has 3 N–H and O–H groups in total. The zero-order chi connectivity index (χ0) is 14.4. The summed E-state index contributed by atoms with van der Waals surface area (Å²) < 4.78 is 4.70. The van der Waals surface area contributed by atoms with Gasteiger partial charge in [-0.3, -0.25) is 0 Å². The van der Waals surface area contributed by atoms with Crippen molar-refractivity contribution < 1.29 is 14.4 Å². The summed E-state index contributed by atoms with van der Waals surface area (Å²) in [6, 6.07) is 1.42. The van der Waals surface area contributed by atoms with Crippen LogP contribution in [0.5, 0.6) is 0 Å². The third kappa shape index (κ3) is 3.72. The first-order chi connectivity index (χ1) is 9.64. The maximum absolute atomic E-state index is 12.0. The monoisotopic (exact) mass is 281 g/mol. The van der Waals surface area contributed by atoms with Crippen LogP contribution < -0.4 is 10.6 Å². The molecule has 0 saturated heterocycles. The Hall–Kier alpha value is -1.56. The standard InChI is InChI=1S/C14H23N3O3/c1-14(10-18,11-5-3-2-4-6-11)16-13(19)15-9-12-7-8-20-17-12/h7-8,11,18H,2-6,9-10H2,1H3,(H2,15,16,19). The minimum absolute atomic E-state index is 0.0466. The van der Waals surface area contributed by atoms with Crippen LogP contribution in [0, 0.1) is 5.92 Å². The molecule has 1 heterocycles. The van der Waals surface area contributed by atoms with Gasteiger partial charge in [0.05, 0.1) is 18.7 Å². The van der Waals surface area contributed by atoms with Crippen molar-refractivity contribution in [3.05, 3.63) is 18.0 Å². The maximum atomic E-state index is 12.0. The first-order valence-electron chi connectivity index (χ1n) is 7.20. The van der Waals surface area contributed by atoms with E-state index in [0.717, 1.165) is 12.8 Å². The minimum atomic E-state index is -0.561. The zero-order valence-electron chi connectivity index (χ0n) is 11.9. The average Bonchev–Trinajstić information content (AvgIpc) is 2.99. The molecule has 1 saturated carbocycles. The molecule has 20 heavy (non-hydrogen) atoms. The van der Waals surface area contributed by atoms with Crippen molar-refractivity contribution in [3.63, 3.8) is 0 Å². The highest BCUT2D eigenvalue weighted by Crippen LogP contribution is 2.32. The lowest BCUT2D eigenvalue weighted by molar-refractivity contribution is 0.101. The Morgan fingerprint density at radius 3 is 2.85 bits per heavy atom. The van der Waals surface area contributed by atoms with E-state index in [2.05, 4.69) is 15.8 Å². The highest BCUT2D eigenvalue weighted by atomic mass is 16.5. The number of nitrogens with one attached hydrogen (secondary N) is 2. The fraction of sp³-hybridized carbons (Fsp3) is 0.714. The quantitative estimate of drug-likeness (QED) is 0.768. The van der Waals surface area contributed by atoms with Crippen molar-refractivity contribution in [2.75, 3.05) is 6.61 Å². The van der Waals surface area contributed by atoms with Crippen LogP contribution in [0.3, 0.4) is 0 Å². The molecule has 1 aromatic heterocycles. The number of amides is 2. The van der Waals surface area contributed by atoms with Gasteiger partial charge < -0.3 is 20.3 Å². The van der Waals surface area contributed by atoms with E-state index >= 15 is 0 Å². The first kappa shape index (κ1) is 14.8. The van der Waals surface area contributed by atoms with Gasteiger partial charge in [-0.1, -0.05) is 24.4 Å². The Balaban J connectivity index is 1.86. The number of hydrogen-bond donors (Lipinski definition) is 3. The molecule has 6 nitrogen and oxygen atoms in total. The van der Waals surface area contributed by atoms with Crippen molar-refractivity contribution >= 4 is 6.03 Å². The number of aromatic nitrogens is 1. The number of nitrogens with zero attached hydrogens (tertiary/aromatic N) is 1. The summed E-state index contributed by atoms with van der Waals surface area (Å²) in [4.78, 5) is 12.0. The summed E-state index contributed by atoms with van der Waals surface area (Å²) in [6.07, 6.45) is 7.16. The fourth-order valence-electron chi connectivity index (χ4n) is 2.81. The Kier molecular flexibility index (Phi) is 5.00. The van der Waals surface area contributed by atoms with Crippen LogP contribution in [0.15, 0.2) is 16.9 Å². The molecule has 1 unspecified atom stereocenters. The van der Waals surface area contributed by atoms with E-state index in [1.54, 1.807) is 6.07 Å². The van der Waals surface area contributed by atoms with E-state index in [9.17, 15) is 9.90 Å². The molecule has 1 aliphatic carbocycles. The molecule has 0 spiro atoms. The maximum Gasteiger partial charge on any atom is 0.315 e. The topological polar surface area (TPSA) is 87.4 Å². The van der Waals surface area contributed by atoms with E-state index in [4.69, 9.17) is 4.52 Å². The predicted octanol–water partition coefficient (Wildman–Crippen LogP) is 1.81. The Bertz CT molecular complexity index is 415. The van der Waals surface area contributed by atoms with Gasteiger partial charge in [-0.2, -0.15) is 0 Å². The number of urea groups is 1. The van der Waals surface area contributed by atoms with E-state index in [-0.39, 0.29) is 12.6 Å². The van der Waals surface area contributed by atoms with Crippen LogP contribution in [-0.2, 0) is 6.54 Å². The molecule has 6 heteroatoms. The van der Waals surface area contributed by atoms with Crippen molar-refractivity contribution in [2.24, 2.45) is 5.92 Å². The third-order valence-electron chi connectivity index (χ3n) is 4.16. The number of carbonyl (C=O) groups excluding carboxylic acids is 1. The Labute approximate surface area is 118 Å². The van der Waals surface area contributed by atoms with Gasteiger partial charge in [0.1, 0.15) is 12.0 Å². The summed E-state index contributed by atoms with van der Waals surface area (Å²) in [5.74, 6) is 0.332. The van der Waals surface area contributed by atoms with Gasteiger partial charge in [0.25, 0.3) is 0 Å². The molecule has 1 fully saturated rings. The molecule has 2 rings (SSSR count). The van der Waals surface area contributed by atoms with Crippen molar-refractivity contribution in [1.29, 1.82) is 0 Å². The minimum Gasteiger partial charge on any atom is -0.394 e. The van der Waals surface area contributed by atoms with Crippen LogP contribution >= 0.6 is 0 Å². The molecule has 2 amide bonds. The third-order valence-corrected chi connectivity index (χ3v) is 4.16. The number of rotatable bonds is 5. The van der Waals surface area contributed by atoms with Crippen LogP contribution in [0.4, 0.5) is 4.79 Å². The highest BCUT2D eigenvalue weighted by Gasteiger charge is 2.35.